The first-order valence-electron chi connectivity index (χ1n) is 9.58. The van der Waals surface area contributed by atoms with Crippen molar-refractivity contribution in [3.8, 4) is 0 Å². The lowest BCUT2D eigenvalue weighted by atomic mass is 9.91. The van der Waals surface area contributed by atoms with Crippen LogP contribution in [-0.4, -0.2) is 35.4 Å². The summed E-state index contributed by atoms with van der Waals surface area (Å²) in [7, 11) is 0. The van der Waals surface area contributed by atoms with Gasteiger partial charge >= 0.3 is 11.9 Å². The third-order valence-corrected chi connectivity index (χ3v) is 5.42. The summed E-state index contributed by atoms with van der Waals surface area (Å²) in [6, 6.07) is 8.82. The van der Waals surface area contributed by atoms with Crippen molar-refractivity contribution in [1.29, 1.82) is 0 Å². The van der Waals surface area contributed by atoms with Gasteiger partial charge in [-0.3, -0.25) is 4.79 Å². The summed E-state index contributed by atoms with van der Waals surface area (Å²) >= 11 is 5.80. The molecular formula is C22H25ClO5. The number of halogens is 1. The number of carbonyl (C=O) groups is 2. The van der Waals surface area contributed by atoms with Gasteiger partial charge in [-0.05, 0) is 31.9 Å². The van der Waals surface area contributed by atoms with Gasteiger partial charge in [0.1, 0.15) is 12.2 Å². The number of hydrogen-bond acceptors (Lipinski definition) is 5. The Balaban J connectivity index is 1.67. The zero-order valence-corrected chi connectivity index (χ0v) is 16.5. The topological polar surface area (TPSA) is 72.8 Å². The van der Waals surface area contributed by atoms with Crippen LogP contribution in [-0.2, 0) is 14.3 Å². The summed E-state index contributed by atoms with van der Waals surface area (Å²) in [5.74, 6) is -0.804. The van der Waals surface area contributed by atoms with E-state index in [1.54, 1.807) is 37.3 Å². The minimum Gasteiger partial charge on any atom is -0.462 e. The van der Waals surface area contributed by atoms with E-state index in [-0.39, 0.29) is 30.0 Å². The van der Waals surface area contributed by atoms with Crippen LogP contribution in [0.2, 0.25) is 0 Å². The van der Waals surface area contributed by atoms with Gasteiger partial charge in [0, 0.05) is 23.3 Å². The highest BCUT2D eigenvalue weighted by Gasteiger charge is 2.50. The molecule has 1 saturated heterocycles. The average molecular weight is 405 g/mol. The molecule has 1 aromatic carbocycles. The van der Waals surface area contributed by atoms with Crippen molar-refractivity contribution < 1.29 is 24.2 Å². The molecule has 150 valence electrons. The van der Waals surface area contributed by atoms with Crippen LogP contribution in [0, 0.1) is 11.8 Å². The first-order valence-corrected chi connectivity index (χ1v) is 9.96. The second kappa shape index (κ2) is 9.39. The van der Waals surface area contributed by atoms with Crippen LogP contribution < -0.4 is 0 Å². The lowest BCUT2D eigenvalue weighted by Crippen LogP contribution is -2.25. The van der Waals surface area contributed by atoms with Gasteiger partial charge in [0.05, 0.1) is 18.1 Å². The summed E-state index contributed by atoms with van der Waals surface area (Å²) in [6.07, 6.45) is 6.20. The molecule has 5 atom stereocenters. The number of ether oxygens (including phenoxy) is 2. The minimum atomic E-state index is -0.630. The molecule has 0 aromatic heterocycles. The number of rotatable bonds is 7. The largest absolute Gasteiger partial charge is 0.462 e. The van der Waals surface area contributed by atoms with Gasteiger partial charge in [-0.15, -0.1) is 0 Å². The van der Waals surface area contributed by atoms with Crippen LogP contribution in [0.15, 0.2) is 53.6 Å². The molecule has 1 aliphatic carbocycles. The number of esters is 2. The molecule has 6 heteroatoms. The highest BCUT2D eigenvalue weighted by molar-refractivity contribution is 6.29. The maximum absolute atomic E-state index is 12.5. The molecule has 2 aliphatic rings. The van der Waals surface area contributed by atoms with Crippen LogP contribution in [0.1, 0.15) is 43.0 Å². The van der Waals surface area contributed by atoms with Gasteiger partial charge in [0.2, 0.25) is 0 Å². The van der Waals surface area contributed by atoms with Crippen LogP contribution in [0.4, 0.5) is 0 Å². The van der Waals surface area contributed by atoms with E-state index in [0.717, 1.165) is 0 Å². The maximum atomic E-state index is 12.5. The monoisotopic (exact) mass is 404 g/mol. The molecule has 1 N–H and O–H groups in total. The zero-order valence-electron chi connectivity index (χ0n) is 15.8. The molecule has 1 aliphatic heterocycles. The van der Waals surface area contributed by atoms with E-state index in [9.17, 15) is 14.7 Å². The van der Waals surface area contributed by atoms with Gasteiger partial charge in [0.25, 0.3) is 0 Å². The third kappa shape index (κ3) is 5.24. The van der Waals surface area contributed by atoms with E-state index in [4.69, 9.17) is 21.1 Å². The molecule has 3 rings (SSSR count). The number of benzene rings is 1. The van der Waals surface area contributed by atoms with Gasteiger partial charge in [0.15, 0.2) is 0 Å². The summed E-state index contributed by atoms with van der Waals surface area (Å²) in [5, 5.41) is 10.9. The summed E-state index contributed by atoms with van der Waals surface area (Å²) in [4.78, 5) is 24.1. The van der Waals surface area contributed by atoms with Gasteiger partial charge < -0.3 is 14.6 Å². The lowest BCUT2D eigenvalue weighted by Gasteiger charge is -2.20. The van der Waals surface area contributed by atoms with Crippen molar-refractivity contribution in [3.63, 3.8) is 0 Å². The van der Waals surface area contributed by atoms with Crippen LogP contribution in [0.3, 0.4) is 0 Å². The number of hydrogen-bond donors (Lipinski definition) is 1. The highest BCUT2D eigenvalue weighted by atomic mass is 35.5. The van der Waals surface area contributed by atoms with Crippen molar-refractivity contribution in [1.82, 2.24) is 0 Å². The molecule has 0 amide bonds. The number of aliphatic hydroxyl groups is 1. The van der Waals surface area contributed by atoms with E-state index in [1.165, 1.54) is 0 Å². The molecule has 5 nitrogen and oxygen atoms in total. The highest BCUT2D eigenvalue weighted by Crippen LogP contribution is 2.43. The van der Waals surface area contributed by atoms with Gasteiger partial charge in [-0.25, -0.2) is 4.79 Å². The lowest BCUT2D eigenvalue weighted by molar-refractivity contribution is -0.141. The Morgan fingerprint density at radius 2 is 2.14 bits per heavy atom. The van der Waals surface area contributed by atoms with Crippen LogP contribution in [0.25, 0.3) is 0 Å². The van der Waals surface area contributed by atoms with Crippen LogP contribution in [0.5, 0.6) is 0 Å². The van der Waals surface area contributed by atoms with Crippen molar-refractivity contribution in [2.75, 3.05) is 0 Å². The molecule has 0 radical (unpaired) electrons. The number of carbonyl (C=O) groups excluding carboxylic acids is 2. The molecule has 2 fully saturated rings. The van der Waals surface area contributed by atoms with E-state index in [0.29, 0.717) is 36.3 Å². The SMILES string of the molecule is CC(Cl)=CCC[C@H](O)C=C[C@@H]1[C@H]2CC(=O)O[C@H]2C[C@H]1OC(=O)c1ccccc1. The van der Waals surface area contributed by atoms with E-state index >= 15 is 0 Å². The minimum absolute atomic E-state index is 0.0329. The Hall–Kier alpha value is -2.11. The second-order valence-electron chi connectivity index (χ2n) is 7.34. The molecular weight excluding hydrogens is 380 g/mol. The molecule has 0 bridgehead atoms. The van der Waals surface area contributed by atoms with E-state index < -0.39 is 12.1 Å². The Kier molecular flexibility index (Phi) is 6.92. The number of allylic oxidation sites excluding steroid dienone is 2. The zero-order chi connectivity index (χ0) is 20.1. The number of aliphatic hydroxyl groups excluding tert-OH is 1. The average Bonchev–Trinajstić information content (AvgIpc) is 3.16. The fraction of sp³-hybridized carbons (Fsp3) is 0.455. The molecule has 1 aromatic rings. The summed E-state index contributed by atoms with van der Waals surface area (Å²) < 4.78 is 11.1. The third-order valence-electron chi connectivity index (χ3n) is 5.26. The van der Waals surface area contributed by atoms with E-state index in [1.807, 2.05) is 18.2 Å². The Labute approximate surface area is 170 Å². The smallest absolute Gasteiger partial charge is 0.338 e. The predicted octanol–water partition coefficient (Wildman–Crippen LogP) is 4.00. The first kappa shape index (κ1) is 20.6. The molecule has 0 unspecified atom stereocenters. The second-order valence-corrected chi connectivity index (χ2v) is 7.94. The maximum Gasteiger partial charge on any atom is 0.338 e. The van der Waals surface area contributed by atoms with Gasteiger partial charge in [-0.2, -0.15) is 0 Å². The fourth-order valence-corrected chi connectivity index (χ4v) is 3.98. The Morgan fingerprint density at radius 3 is 2.86 bits per heavy atom. The Bertz CT molecular complexity index is 753. The predicted molar refractivity (Wildman–Crippen MR) is 106 cm³/mol. The van der Waals surface area contributed by atoms with Crippen molar-refractivity contribution in [2.45, 2.75) is 50.9 Å². The number of fused-ring (bicyclic) bond motifs is 1. The quantitative estimate of drug-likeness (QED) is 0.549. The normalized spacial score (nSPS) is 28.2. The molecule has 1 saturated carbocycles. The molecule has 28 heavy (non-hydrogen) atoms. The van der Waals surface area contributed by atoms with E-state index in [2.05, 4.69) is 0 Å². The molecule has 1 heterocycles. The van der Waals surface area contributed by atoms with Crippen molar-refractivity contribution >= 4 is 23.5 Å². The summed E-state index contributed by atoms with van der Waals surface area (Å²) in [5.41, 5.74) is 0.488. The van der Waals surface area contributed by atoms with Crippen molar-refractivity contribution in [3.05, 3.63) is 59.2 Å². The summed E-state index contributed by atoms with van der Waals surface area (Å²) in [6.45, 7) is 1.80. The Morgan fingerprint density at radius 1 is 1.39 bits per heavy atom. The standard InChI is InChI=1S/C22H25ClO5/c1-14(23)6-5-9-16(24)10-11-17-18-12-21(25)27-20(18)13-19(17)28-22(26)15-7-3-2-4-8-15/h2-4,6-8,10-11,16-20,24H,5,9,12-13H2,1H3/t16-,17+,18+,19+,20-/m0/s1. The van der Waals surface area contributed by atoms with Crippen molar-refractivity contribution in [2.24, 2.45) is 11.8 Å². The molecule has 0 spiro atoms. The van der Waals surface area contributed by atoms with Gasteiger partial charge in [-0.1, -0.05) is 48.0 Å². The fourth-order valence-electron chi connectivity index (χ4n) is 3.88. The van der Waals surface area contributed by atoms with Crippen LogP contribution >= 0.6 is 11.6 Å². The first-order chi connectivity index (χ1) is 13.4.